The molecular formula is C11H15Cl2N3. The van der Waals surface area contributed by atoms with Crippen molar-refractivity contribution in [3.05, 3.63) is 17.4 Å². The van der Waals surface area contributed by atoms with Gasteiger partial charge in [0.2, 0.25) is 5.95 Å². The third-order valence-electron chi connectivity index (χ3n) is 2.93. The molecule has 0 amide bonds. The molecule has 0 aliphatic carbocycles. The quantitative estimate of drug-likeness (QED) is 0.782. The van der Waals surface area contributed by atoms with Gasteiger partial charge in [-0.1, -0.05) is 11.6 Å². The summed E-state index contributed by atoms with van der Waals surface area (Å²) in [6.07, 6.45) is 6.82. The topological polar surface area (TPSA) is 29.0 Å². The van der Waals surface area contributed by atoms with Crippen molar-refractivity contribution in [2.75, 3.05) is 23.9 Å². The summed E-state index contributed by atoms with van der Waals surface area (Å²) in [7, 11) is 0. The summed E-state index contributed by atoms with van der Waals surface area (Å²) in [5.41, 5.74) is 0. The first-order chi connectivity index (χ1) is 7.79. The first-order valence-corrected chi connectivity index (χ1v) is 6.49. The average Bonchev–Trinajstić information content (AvgIpc) is 2.31. The van der Waals surface area contributed by atoms with E-state index in [9.17, 15) is 0 Å². The molecule has 0 spiro atoms. The summed E-state index contributed by atoms with van der Waals surface area (Å²) < 4.78 is 0. The van der Waals surface area contributed by atoms with Crippen LogP contribution in [0.3, 0.4) is 0 Å². The van der Waals surface area contributed by atoms with Gasteiger partial charge in [-0.2, -0.15) is 0 Å². The molecule has 1 aromatic rings. The van der Waals surface area contributed by atoms with Crippen LogP contribution in [0.1, 0.15) is 19.3 Å². The van der Waals surface area contributed by atoms with Gasteiger partial charge in [-0.25, -0.2) is 9.97 Å². The maximum Gasteiger partial charge on any atom is 0.225 e. The number of hydrogen-bond acceptors (Lipinski definition) is 3. The molecular weight excluding hydrogens is 245 g/mol. The standard InChI is InChI=1S/C11H15Cl2N3/c12-4-3-9-2-1-5-16(8-9)11-14-6-10(13)7-15-11/h6-7,9H,1-5,8H2. The molecule has 0 saturated carbocycles. The number of hydrogen-bond donors (Lipinski definition) is 0. The summed E-state index contributed by atoms with van der Waals surface area (Å²) in [6, 6.07) is 0. The molecule has 0 aromatic carbocycles. The van der Waals surface area contributed by atoms with Gasteiger partial charge >= 0.3 is 0 Å². The average molecular weight is 260 g/mol. The Morgan fingerprint density at radius 1 is 1.38 bits per heavy atom. The molecule has 1 aromatic heterocycles. The van der Waals surface area contributed by atoms with Crippen LogP contribution in [0.4, 0.5) is 5.95 Å². The van der Waals surface area contributed by atoms with Crippen molar-refractivity contribution in [3.63, 3.8) is 0 Å². The number of rotatable bonds is 3. The van der Waals surface area contributed by atoms with Gasteiger partial charge < -0.3 is 4.90 Å². The lowest BCUT2D eigenvalue weighted by Gasteiger charge is -2.32. The third-order valence-corrected chi connectivity index (χ3v) is 3.34. The van der Waals surface area contributed by atoms with Crippen LogP contribution in [-0.4, -0.2) is 28.9 Å². The Morgan fingerprint density at radius 2 is 2.12 bits per heavy atom. The van der Waals surface area contributed by atoms with Crippen LogP contribution in [0.25, 0.3) is 0 Å². The highest BCUT2D eigenvalue weighted by Gasteiger charge is 2.20. The fourth-order valence-electron chi connectivity index (χ4n) is 2.11. The van der Waals surface area contributed by atoms with E-state index in [0.717, 1.165) is 31.3 Å². The van der Waals surface area contributed by atoms with Crippen LogP contribution in [0, 0.1) is 5.92 Å². The van der Waals surface area contributed by atoms with Gasteiger partial charge in [0.05, 0.1) is 17.4 Å². The molecule has 1 aliphatic heterocycles. The molecule has 88 valence electrons. The van der Waals surface area contributed by atoms with Crippen molar-refractivity contribution >= 4 is 29.2 Å². The highest BCUT2D eigenvalue weighted by atomic mass is 35.5. The molecule has 1 atom stereocenters. The second-order valence-corrected chi connectivity index (χ2v) is 4.95. The zero-order valence-electron chi connectivity index (χ0n) is 9.07. The number of halogens is 2. The van der Waals surface area contributed by atoms with Crippen LogP contribution in [0.15, 0.2) is 12.4 Å². The second-order valence-electron chi connectivity index (χ2n) is 4.13. The third kappa shape index (κ3) is 2.98. The van der Waals surface area contributed by atoms with Crippen molar-refractivity contribution in [2.24, 2.45) is 5.92 Å². The molecule has 1 saturated heterocycles. The Kier molecular flexibility index (Phi) is 4.24. The summed E-state index contributed by atoms with van der Waals surface area (Å²) in [5.74, 6) is 2.19. The van der Waals surface area contributed by atoms with E-state index in [0.29, 0.717) is 10.9 Å². The highest BCUT2D eigenvalue weighted by molar-refractivity contribution is 6.30. The van der Waals surface area contributed by atoms with Crippen LogP contribution in [-0.2, 0) is 0 Å². The Morgan fingerprint density at radius 3 is 2.81 bits per heavy atom. The van der Waals surface area contributed by atoms with E-state index < -0.39 is 0 Å². The van der Waals surface area contributed by atoms with E-state index in [-0.39, 0.29) is 0 Å². The van der Waals surface area contributed by atoms with Crippen LogP contribution >= 0.6 is 23.2 Å². The van der Waals surface area contributed by atoms with Gasteiger partial charge in [0, 0.05) is 19.0 Å². The van der Waals surface area contributed by atoms with E-state index in [1.54, 1.807) is 12.4 Å². The number of aromatic nitrogens is 2. The summed E-state index contributed by atoms with van der Waals surface area (Å²) in [5, 5.41) is 0.582. The minimum absolute atomic E-state index is 0.582. The highest BCUT2D eigenvalue weighted by Crippen LogP contribution is 2.23. The van der Waals surface area contributed by atoms with Crippen molar-refractivity contribution < 1.29 is 0 Å². The molecule has 2 rings (SSSR count). The van der Waals surface area contributed by atoms with E-state index in [4.69, 9.17) is 23.2 Å². The van der Waals surface area contributed by atoms with E-state index in [1.807, 2.05) is 0 Å². The van der Waals surface area contributed by atoms with E-state index in [1.165, 1.54) is 12.8 Å². The van der Waals surface area contributed by atoms with E-state index >= 15 is 0 Å². The van der Waals surface area contributed by atoms with Crippen LogP contribution in [0.5, 0.6) is 0 Å². The van der Waals surface area contributed by atoms with Crippen molar-refractivity contribution in [2.45, 2.75) is 19.3 Å². The molecule has 0 bridgehead atoms. The maximum absolute atomic E-state index is 5.78. The monoisotopic (exact) mass is 259 g/mol. The van der Waals surface area contributed by atoms with Gasteiger partial charge in [0.25, 0.3) is 0 Å². The molecule has 1 aliphatic rings. The Balaban J connectivity index is 2.01. The van der Waals surface area contributed by atoms with Crippen molar-refractivity contribution in [3.8, 4) is 0 Å². The summed E-state index contributed by atoms with van der Waals surface area (Å²) >= 11 is 11.6. The maximum atomic E-state index is 5.78. The van der Waals surface area contributed by atoms with Gasteiger partial charge in [0.15, 0.2) is 0 Å². The lowest BCUT2D eigenvalue weighted by molar-refractivity contribution is 0.402. The first kappa shape index (κ1) is 11.9. The fraction of sp³-hybridized carbons (Fsp3) is 0.636. The predicted molar refractivity (Wildman–Crippen MR) is 67.3 cm³/mol. The van der Waals surface area contributed by atoms with Gasteiger partial charge in [-0.3, -0.25) is 0 Å². The zero-order valence-corrected chi connectivity index (χ0v) is 10.6. The Labute approximate surface area is 106 Å². The molecule has 0 radical (unpaired) electrons. The molecule has 16 heavy (non-hydrogen) atoms. The number of anilines is 1. The first-order valence-electron chi connectivity index (χ1n) is 5.58. The molecule has 2 heterocycles. The summed E-state index contributed by atoms with van der Waals surface area (Å²) in [6.45, 7) is 2.04. The zero-order chi connectivity index (χ0) is 11.4. The molecule has 1 unspecified atom stereocenters. The predicted octanol–water partition coefficient (Wildman–Crippen LogP) is 2.98. The number of nitrogens with zero attached hydrogens (tertiary/aromatic N) is 3. The van der Waals surface area contributed by atoms with E-state index in [2.05, 4.69) is 14.9 Å². The molecule has 3 nitrogen and oxygen atoms in total. The molecule has 5 heteroatoms. The number of piperidine rings is 1. The molecule has 1 fully saturated rings. The van der Waals surface area contributed by atoms with Crippen molar-refractivity contribution in [1.29, 1.82) is 0 Å². The van der Waals surface area contributed by atoms with Gasteiger partial charge in [-0.05, 0) is 25.2 Å². The Hall–Kier alpha value is -0.540. The van der Waals surface area contributed by atoms with Crippen LogP contribution < -0.4 is 4.90 Å². The lowest BCUT2D eigenvalue weighted by Crippen LogP contribution is -2.36. The van der Waals surface area contributed by atoms with Crippen molar-refractivity contribution in [1.82, 2.24) is 9.97 Å². The molecule has 0 N–H and O–H groups in total. The largest absolute Gasteiger partial charge is 0.341 e. The SMILES string of the molecule is ClCCC1CCCN(c2ncc(Cl)cn2)C1. The minimum atomic E-state index is 0.582. The Bertz CT molecular complexity index is 327. The second kappa shape index (κ2) is 5.69. The van der Waals surface area contributed by atoms with Gasteiger partial charge in [0.1, 0.15) is 0 Å². The lowest BCUT2D eigenvalue weighted by atomic mass is 9.96. The smallest absolute Gasteiger partial charge is 0.225 e. The fourth-order valence-corrected chi connectivity index (χ4v) is 2.51. The summed E-state index contributed by atoms with van der Waals surface area (Å²) in [4.78, 5) is 10.7. The minimum Gasteiger partial charge on any atom is -0.341 e. The van der Waals surface area contributed by atoms with Crippen LogP contribution in [0.2, 0.25) is 5.02 Å². The normalized spacial score (nSPS) is 21.1. The number of alkyl halides is 1. The van der Waals surface area contributed by atoms with Gasteiger partial charge in [-0.15, -0.1) is 11.6 Å².